The number of phenolic OH excluding ortho intramolecular Hbond substituents is 1. The summed E-state index contributed by atoms with van der Waals surface area (Å²) in [5.41, 5.74) is 3.59. The Kier molecular flexibility index (Phi) is 3.20. The van der Waals surface area contributed by atoms with Gasteiger partial charge in [-0.15, -0.1) is 0 Å². The van der Waals surface area contributed by atoms with E-state index in [0.29, 0.717) is 11.3 Å². The number of phenols is 1. The molecular weight excluding hydrogens is 260 g/mol. The van der Waals surface area contributed by atoms with Gasteiger partial charge in [0.2, 0.25) is 0 Å². The zero-order chi connectivity index (χ0) is 15.4. The minimum atomic E-state index is 0.0688. The molecule has 1 saturated carbocycles. The third-order valence-electron chi connectivity index (χ3n) is 6.14. The third kappa shape index (κ3) is 2.11. The largest absolute Gasteiger partial charge is 0.508 e. The van der Waals surface area contributed by atoms with Crippen LogP contribution < -0.4 is 0 Å². The monoisotopic (exact) mass is 286 g/mol. The number of fused-ring (bicyclic) bond motifs is 3. The van der Waals surface area contributed by atoms with E-state index in [2.05, 4.69) is 20.8 Å². The first-order valence-electron chi connectivity index (χ1n) is 8.13. The van der Waals surface area contributed by atoms with E-state index in [1.807, 2.05) is 6.07 Å². The maximum absolute atomic E-state index is 12.0. The molecule has 3 rings (SSSR count). The van der Waals surface area contributed by atoms with Crippen LogP contribution in [0, 0.1) is 11.3 Å². The van der Waals surface area contributed by atoms with Crippen molar-refractivity contribution < 1.29 is 9.90 Å². The summed E-state index contributed by atoms with van der Waals surface area (Å²) in [6.45, 7) is 8.72. The lowest BCUT2D eigenvalue weighted by molar-refractivity contribution is 0.0404. The smallest absolute Gasteiger partial charge is 0.160 e. The van der Waals surface area contributed by atoms with Crippen LogP contribution >= 0.6 is 0 Å². The average Bonchev–Trinajstić information content (AvgIpc) is 2.37. The van der Waals surface area contributed by atoms with Gasteiger partial charge in [-0.3, -0.25) is 4.79 Å². The molecule has 0 amide bonds. The van der Waals surface area contributed by atoms with Gasteiger partial charge in [0.25, 0.3) is 0 Å². The van der Waals surface area contributed by atoms with Gasteiger partial charge in [-0.25, -0.2) is 0 Å². The Morgan fingerprint density at radius 2 is 1.95 bits per heavy atom. The van der Waals surface area contributed by atoms with Crippen LogP contribution in [0.2, 0.25) is 0 Å². The Balaban J connectivity index is 2.20. The van der Waals surface area contributed by atoms with Crippen LogP contribution in [0.1, 0.15) is 74.9 Å². The standard InChI is InChI=1S/C19H26O2/c1-12(20)15-10-13(21)11-16-14(15)6-7-17-18(2,3)8-5-9-19(16,17)4/h10-11,17,21H,5-9H2,1-4H3/t17-,19+/m0/s1. The SMILES string of the molecule is CC(=O)c1cc(O)cc2c1CC[C@H]1C(C)(C)CCC[C@]21C. The molecule has 2 aliphatic rings. The summed E-state index contributed by atoms with van der Waals surface area (Å²) in [4.78, 5) is 12.0. The zero-order valence-electron chi connectivity index (χ0n) is 13.6. The van der Waals surface area contributed by atoms with Crippen molar-refractivity contribution in [3.8, 4) is 5.75 Å². The van der Waals surface area contributed by atoms with E-state index in [9.17, 15) is 9.90 Å². The first kappa shape index (κ1) is 14.6. The molecule has 2 atom stereocenters. The molecule has 1 aromatic carbocycles. The second kappa shape index (κ2) is 4.59. The molecule has 0 aliphatic heterocycles. The Hall–Kier alpha value is -1.31. The lowest BCUT2D eigenvalue weighted by Gasteiger charge is -2.54. The van der Waals surface area contributed by atoms with Gasteiger partial charge in [-0.2, -0.15) is 0 Å². The van der Waals surface area contributed by atoms with E-state index in [0.717, 1.165) is 24.8 Å². The van der Waals surface area contributed by atoms with Gasteiger partial charge in [0.05, 0.1) is 0 Å². The molecule has 0 unspecified atom stereocenters. The number of ketones is 1. The van der Waals surface area contributed by atoms with Crippen LogP contribution in [-0.2, 0) is 11.8 Å². The number of carbonyl (C=O) groups is 1. The minimum Gasteiger partial charge on any atom is -0.508 e. The number of hydrogen-bond acceptors (Lipinski definition) is 2. The van der Waals surface area contributed by atoms with Crippen molar-refractivity contribution in [1.82, 2.24) is 0 Å². The van der Waals surface area contributed by atoms with E-state index < -0.39 is 0 Å². The maximum Gasteiger partial charge on any atom is 0.160 e. The highest BCUT2D eigenvalue weighted by Crippen LogP contribution is 2.57. The molecule has 21 heavy (non-hydrogen) atoms. The second-order valence-corrected chi connectivity index (χ2v) is 7.93. The molecule has 0 bridgehead atoms. The molecule has 0 aromatic heterocycles. The van der Waals surface area contributed by atoms with Crippen LogP contribution in [0.15, 0.2) is 12.1 Å². The van der Waals surface area contributed by atoms with E-state index in [-0.39, 0.29) is 16.9 Å². The predicted octanol–water partition coefficient (Wildman–Crippen LogP) is 4.63. The van der Waals surface area contributed by atoms with Crippen molar-refractivity contribution in [2.75, 3.05) is 0 Å². The van der Waals surface area contributed by atoms with Gasteiger partial charge in [0.1, 0.15) is 5.75 Å². The van der Waals surface area contributed by atoms with E-state index >= 15 is 0 Å². The summed E-state index contributed by atoms with van der Waals surface area (Å²) in [5, 5.41) is 10.1. The van der Waals surface area contributed by atoms with Gasteiger partial charge in [0, 0.05) is 5.56 Å². The highest BCUT2D eigenvalue weighted by molar-refractivity contribution is 5.96. The first-order valence-corrected chi connectivity index (χ1v) is 8.13. The summed E-state index contributed by atoms with van der Waals surface area (Å²) < 4.78 is 0. The zero-order valence-corrected chi connectivity index (χ0v) is 13.6. The first-order chi connectivity index (χ1) is 9.75. The van der Waals surface area contributed by atoms with Crippen LogP contribution in [-0.4, -0.2) is 10.9 Å². The van der Waals surface area contributed by atoms with Crippen molar-refractivity contribution in [3.05, 3.63) is 28.8 Å². The van der Waals surface area contributed by atoms with Crippen LogP contribution in [0.4, 0.5) is 0 Å². The molecule has 0 saturated heterocycles. The Bertz CT molecular complexity index is 600. The molecule has 2 nitrogen and oxygen atoms in total. The fourth-order valence-corrected chi connectivity index (χ4v) is 5.19. The van der Waals surface area contributed by atoms with Crippen molar-refractivity contribution >= 4 is 5.78 Å². The quantitative estimate of drug-likeness (QED) is 0.764. The van der Waals surface area contributed by atoms with Crippen molar-refractivity contribution in [3.63, 3.8) is 0 Å². The number of benzene rings is 1. The molecule has 1 aromatic rings. The molecule has 1 fully saturated rings. The third-order valence-corrected chi connectivity index (χ3v) is 6.14. The molecule has 114 valence electrons. The van der Waals surface area contributed by atoms with Crippen LogP contribution in [0.5, 0.6) is 5.75 Å². The Labute approximate surface area is 127 Å². The molecule has 2 heteroatoms. The topological polar surface area (TPSA) is 37.3 Å². The number of hydrogen-bond donors (Lipinski definition) is 1. The van der Waals surface area contributed by atoms with Gasteiger partial charge in [-0.05, 0) is 72.6 Å². The lowest BCUT2D eigenvalue weighted by Crippen LogP contribution is -2.48. The maximum atomic E-state index is 12.0. The van der Waals surface area contributed by atoms with Gasteiger partial charge >= 0.3 is 0 Å². The highest BCUT2D eigenvalue weighted by atomic mass is 16.3. The molecule has 2 aliphatic carbocycles. The predicted molar refractivity (Wildman–Crippen MR) is 84.9 cm³/mol. The van der Waals surface area contributed by atoms with Crippen molar-refractivity contribution in [2.45, 2.75) is 65.2 Å². The summed E-state index contributed by atoms with van der Waals surface area (Å²) in [6, 6.07) is 3.58. The Morgan fingerprint density at radius 1 is 1.24 bits per heavy atom. The lowest BCUT2D eigenvalue weighted by atomic mass is 9.50. The minimum absolute atomic E-state index is 0.0688. The summed E-state index contributed by atoms with van der Waals surface area (Å²) in [6.07, 6.45) is 5.79. The van der Waals surface area contributed by atoms with E-state index in [4.69, 9.17) is 0 Å². The fourth-order valence-electron chi connectivity index (χ4n) is 5.19. The summed E-state index contributed by atoms with van der Waals surface area (Å²) in [7, 11) is 0. The molecule has 0 radical (unpaired) electrons. The Morgan fingerprint density at radius 3 is 2.62 bits per heavy atom. The normalized spacial score (nSPS) is 30.4. The summed E-state index contributed by atoms with van der Waals surface area (Å²) in [5.74, 6) is 0.941. The highest BCUT2D eigenvalue weighted by Gasteiger charge is 2.50. The molecular formula is C19H26O2. The van der Waals surface area contributed by atoms with Gasteiger partial charge in [0.15, 0.2) is 5.78 Å². The molecule has 0 spiro atoms. The molecule has 1 N–H and O–H groups in total. The molecule has 0 heterocycles. The van der Waals surface area contributed by atoms with E-state index in [1.54, 1.807) is 13.0 Å². The number of rotatable bonds is 1. The van der Waals surface area contributed by atoms with E-state index in [1.165, 1.54) is 24.0 Å². The van der Waals surface area contributed by atoms with Crippen LogP contribution in [0.3, 0.4) is 0 Å². The number of carbonyl (C=O) groups excluding carboxylic acids is 1. The summed E-state index contributed by atoms with van der Waals surface area (Å²) >= 11 is 0. The fraction of sp³-hybridized carbons (Fsp3) is 0.632. The average molecular weight is 286 g/mol. The second-order valence-electron chi connectivity index (χ2n) is 7.93. The van der Waals surface area contributed by atoms with Crippen molar-refractivity contribution in [2.24, 2.45) is 11.3 Å². The van der Waals surface area contributed by atoms with Gasteiger partial charge < -0.3 is 5.11 Å². The number of aromatic hydroxyl groups is 1. The van der Waals surface area contributed by atoms with Gasteiger partial charge in [-0.1, -0.05) is 27.2 Å². The number of Topliss-reactive ketones (excluding diaryl/α,β-unsaturated/α-hetero) is 1. The van der Waals surface area contributed by atoms with Crippen LogP contribution in [0.25, 0.3) is 0 Å². The van der Waals surface area contributed by atoms with Crippen molar-refractivity contribution in [1.29, 1.82) is 0 Å².